The van der Waals surface area contributed by atoms with E-state index in [1.54, 1.807) is 0 Å². The highest BCUT2D eigenvalue weighted by molar-refractivity contribution is 5.75. The van der Waals surface area contributed by atoms with Crippen molar-refractivity contribution in [1.29, 1.82) is 0 Å². The van der Waals surface area contributed by atoms with Gasteiger partial charge in [-0.15, -0.1) is 0 Å². The minimum atomic E-state index is -0.810. The standard InChI is InChI=1S/C14H26O3/c1-4-14(17,5-2)10-13(12(15)16)8-6-7-11(3)9-13/h11,17H,4-10H2,1-3H3,(H,15,16). The van der Waals surface area contributed by atoms with Gasteiger partial charge in [-0.1, -0.05) is 33.6 Å². The van der Waals surface area contributed by atoms with Gasteiger partial charge in [0.25, 0.3) is 0 Å². The largest absolute Gasteiger partial charge is 0.481 e. The van der Waals surface area contributed by atoms with Crippen molar-refractivity contribution in [2.45, 2.75) is 71.3 Å². The zero-order valence-electron chi connectivity index (χ0n) is 11.3. The van der Waals surface area contributed by atoms with Crippen molar-refractivity contribution in [3.05, 3.63) is 0 Å². The first-order chi connectivity index (χ1) is 7.87. The van der Waals surface area contributed by atoms with Crippen molar-refractivity contribution in [1.82, 2.24) is 0 Å². The van der Waals surface area contributed by atoms with E-state index >= 15 is 0 Å². The van der Waals surface area contributed by atoms with Gasteiger partial charge in [-0.25, -0.2) is 0 Å². The summed E-state index contributed by atoms with van der Waals surface area (Å²) in [5.41, 5.74) is -1.51. The molecule has 100 valence electrons. The highest BCUT2D eigenvalue weighted by atomic mass is 16.4. The minimum absolute atomic E-state index is 0.409. The van der Waals surface area contributed by atoms with E-state index in [9.17, 15) is 15.0 Å². The van der Waals surface area contributed by atoms with E-state index in [0.29, 0.717) is 31.6 Å². The van der Waals surface area contributed by atoms with E-state index < -0.39 is 17.0 Å². The Kier molecular flexibility index (Phi) is 4.59. The van der Waals surface area contributed by atoms with Crippen LogP contribution in [0.1, 0.15) is 65.7 Å². The molecule has 0 amide bonds. The lowest BCUT2D eigenvalue weighted by atomic mass is 9.64. The summed E-state index contributed by atoms with van der Waals surface area (Å²) in [6, 6.07) is 0. The molecule has 0 bridgehead atoms. The third-order valence-corrected chi connectivity index (χ3v) is 4.53. The summed E-state index contributed by atoms with van der Waals surface area (Å²) >= 11 is 0. The predicted molar refractivity (Wildman–Crippen MR) is 67.8 cm³/mol. The molecule has 0 saturated heterocycles. The van der Waals surface area contributed by atoms with Crippen LogP contribution in [-0.2, 0) is 4.79 Å². The molecule has 3 heteroatoms. The summed E-state index contributed by atoms with van der Waals surface area (Å²) in [5.74, 6) is -0.262. The molecule has 2 atom stereocenters. The lowest BCUT2D eigenvalue weighted by Crippen LogP contribution is -2.43. The van der Waals surface area contributed by atoms with Crippen LogP contribution in [0.4, 0.5) is 0 Å². The average Bonchev–Trinajstić information content (AvgIpc) is 2.28. The molecule has 1 saturated carbocycles. The summed E-state index contributed by atoms with van der Waals surface area (Å²) in [4.78, 5) is 11.6. The summed E-state index contributed by atoms with van der Waals surface area (Å²) in [6.45, 7) is 5.99. The quantitative estimate of drug-likeness (QED) is 0.778. The van der Waals surface area contributed by atoms with Crippen LogP contribution in [0.5, 0.6) is 0 Å². The van der Waals surface area contributed by atoms with E-state index in [2.05, 4.69) is 6.92 Å². The lowest BCUT2D eigenvalue weighted by Gasteiger charge is -2.41. The molecular formula is C14H26O3. The molecule has 0 aromatic carbocycles. The van der Waals surface area contributed by atoms with Crippen LogP contribution >= 0.6 is 0 Å². The molecule has 0 heterocycles. The van der Waals surface area contributed by atoms with Crippen LogP contribution < -0.4 is 0 Å². The van der Waals surface area contributed by atoms with Crippen molar-refractivity contribution in [2.75, 3.05) is 0 Å². The maximum atomic E-state index is 11.6. The molecule has 0 aromatic rings. The van der Waals surface area contributed by atoms with E-state index in [1.807, 2.05) is 13.8 Å². The van der Waals surface area contributed by atoms with E-state index in [0.717, 1.165) is 19.3 Å². The van der Waals surface area contributed by atoms with Crippen molar-refractivity contribution in [3.8, 4) is 0 Å². The molecule has 3 nitrogen and oxygen atoms in total. The van der Waals surface area contributed by atoms with E-state index in [-0.39, 0.29) is 0 Å². The molecular weight excluding hydrogens is 216 g/mol. The number of aliphatic hydroxyl groups is 1. The maximum absolute atomic E-state index is 11.6. The molecule has 0 aromatic heterocycles. The van der Waals surface area contributed by atoms with Crippen molar-refractivity contribution in [2.24, 2.45) is 11.3 Å². The molecule has 2 unspecified atom stereocenters. The number of carboxylic acids is 1. The molecule has 1 aliphatic rings. The summed E-state index contributed by atoms with van der Waals surface area (Å²) in [7, 11) is 0. The Bertz CT molecular complexity index is 271. The molecule has 0 aliphatic heterocycles. The van der Waals surface area contributed by atoms with E-state index in [1.165, 1.54) is 0 Å². The predicted octanol–water partition coefficient (Wildman–Crippen LogP) is 3.21. The van der Waals surface area contributed by atoms with Crippen molar-refractivity contribution < 1.29 is 15.0 Å². The van der Waals surface area contributed by atoms with Crippen LogP contribution in [0.3, 0.4) is 0 Å². The second-order valence-electron chi connectivity index (χ2n) is 5.90. The summed E-state index contributed by atoms with van der Waals surface area (Å²) in [6.07, 6.45) is 5.19. The Morgan fingerprint density at radius 3 is 2.41 bits per heavy atom. The fourth-order valence-electron chi connectivity index (χ4n) is 3.22. The van der Waals surface area contributed by atoms with Gasteiger partial charge in [0.15, 0.2) is 0 Å². The van der Waals surface area contributed by atoms with Gasteiger partial charge in [-0.3, -0.25) is 4.79 Å². The molecule has 0 spiro atoms. The highest BCUT2D eigenvalue weighted by Crippen LogP contribution is 2.46. The minimum Gasteiger partial charge on any atom is -0.481 e. The fraction of sp³-hybridized carbons (Fsp3) is 0.929. The van der Waals surface area contributed by atoms with Gasteiger partial charge in [0, 0.05) is 0 Å². The van der Waals surface area contributed by atoms with Gasteiger partial charge in [0.05, 0.1) is 11.0 Å². The Hall–Kier alpha value is -0.570. The van der Waals surface area contributed by atoms with Gasteiger partial charge in [0.2, 0.25) is 0 Å². The van der Waals surface area contributed by atoms with E-state index in [4.69, 9.17) is 0 Å². The maximum Gasteiger partial charge on any atom is 0.309 e. The Labute approximate surface area is 104 Å². The average molecular weight is 242 g/mol. The highest BCUT2D eigenvalue weighted by Gasteiger charge is 2.46. The SMILES string of the molecule is CCC(O)(CC)CC1(C(=O)O)CCCC(C)C1. The summed E-state index contributed by atoms with van der Waals surface area (Å²) < 4.78 is 0. The van der Waals surface area contributed by atoms with Crippen LogP contribution in [0.2, 0.25) is 0 Å². The van der Waals surface area contributed by atoms with Gasteiger partial charge < -0.3 is 10.2 Å². The third kappa shape index (κ3) is 3.21. The van der Waals surface area contributed by atoms with Crippen molar-refractivity contribution >= 4 is 5.97 Å². The first-order valence-corrected chi connectivity index (χ1v) is 6.83. The van der Waals surface area contributed by atoms with Crippen LogP contribution in [-0.4, -0.2) is 21.8 Å². The second-order valence-corrected chi connectivity index (χ2v) is 5.90. The first-order valence-electron chi connectivity index (χ1n) is 6.83. The van der Waals surface area contributed by atoms with Gasteiger partial charge in [-0.05, 0) is 38.0 Å². The topological polar surface area (TPSA) is 57.5 Å². The Morgan fingerprint density at radius 2 is 2.00 bits per heavy atom. The molecule has 17 heavy (non-hydrogen) atoms. The van der Waals surface area contributed by atoms with Crippen molar-refractivity contribution in [3.63, 3.8) is 0 Å². The van der Waals surface area contributed by atoms with Crippen LogP contribution in [0.25, 0.3) is 0 Å². The molecule has 1 fully saturated rings. The number of hydrogen-bond donors (Lipinski definition) is 2. The summed E-state index contributed by atoms with van der Waals surface area (Å²) in [5, 5.41) is 20.0. The number of rotatable bonds is 5. The number of carbonyl (C=O) groups is 1. The fourth-order valence-corrected chi connectivity index (χ4v) is 3.22. The normalized spacial score (nSPS) is 30.2. The molecule has 2 N–H and O–H groups in total. The third-order valence-electron chi connectivity index (χ3n) is 4.53. The monoisotopic (exact) mass is 242 g/mol. The zero-order valence-corrected chi connectivity index (χ0v) is 11.3. The molecule has 0 radical (unpaired) electrons. The lowest BCUT2D eigenvalue weighted by molar-refractivity contribution is -0.158. The van der Waals surface area contributed by atoms with Gasteiger partial charge in [-0.2, -0.15) is 0 Å². The van der Waals surface area contributed by atoms with Crippen LogP contribution in [0, 0.1) is 11.3 Å². The zero-order chi connectivity index (χ0) is 13.1. The second kappa shape index (κ2) is 5.38. The number of carboxylic acid groups (broad SMARTS) is 1. The Balaban J connectivity index is 2.89. The Morgan fingerprint density at radius 1 is 1.41 bits per heavy atom. The van der Waals surface area contributed by atoms with Gasteiger partial charge >= 0.3 is 5.97 Å². The van der Waals surface area contributed by atoms with Gasteiger partial charge in [0.1, 0.15) is 0 Å². The van der Waals surface area contributed by atoms with Crippen LogP contribution in [0.15, 0.2) is 0 Å². The number of aliphatic carboxylic acids is 1. The number of hydrogen-bond acceptors (Lipinski definition) is 2. The molecule has 1 rings (SSSR count). The smallest absolute Gasteiger partial charge is 0.309 e. The molecule has 1 aliphatic carbocycles. The first kappa shape index (κ1) is 14.5.